The Morgan fingerprint density at radius 3 is 3.19 bits per heavy atom. The second kappa shape index (κ2) is 5.38. The van der Waals surface area contributed by atoms with Crippen LogP contribution in [0.5, 0.6) is 0 Å². The lowest BCUT2D eigenvalue weighted by atomic mass is 10.4. The zero-order valence-electron chi connectivity index (χ0n) is 8.98. The van der Waals surface area contributed by atoms with Gasteiger partial charge in [0, 0.05) is 18.5 Å². The average Bonchev–Trinajstić information content (AvgIpc) is 2.56. The first-order chi connectivity index (χ1) is 7.75. The largest absolute Gasteiger partial charge is 0.476 e. The minimum atomic E-state index is -0.944. The number of rotatable bonds is 3. The molecule has 1 aliphatic rings. The van der Waals surface area contributed by atoms with Crippen molar-refractivity contribution in [2.75, 3.05) is 26.2 Å². The second-order valence-electron chi connectivity index (χ2n) is 3.81. The summed E-state index contributed by atoms with van der Waals surface area (Å²) in [5.41, 5.74) is 0.160. The van der Waals surface area contributed by atoms with Gasteiger partial charge in [0.25, 0.3) is 0 Å². The van der Waals surface area contributed by atoms with Crippen LogP contribution in [0.3, 0.4) is 0 Å². The van der Waals surface area contributed by atoms with Gasteiger partial charge in [-0.1, -0.05) is 0 Å². The number of aromatic nitrogens is 1. The summed E-state index contributed by atoms with van der Waals surface area (Å²) in [6.45, 7) is 4.88. The summed E-state index contributed by atoms with van der Waals surface area (Å²) in [5.74, 6) is -0.944. The number of carboxylic acid groups (broad SMARTS) is 1. The maximum Gasteiger partial charge on any atom is 0.355 e. The lowest BCUT2D eigenvalue weighted by Gasteiger charge is -2.17. The first-order valence-corrected chi connectivity index (χ1v) is 6.24. The van der Waals surface area contributed by atoms with Gasteiger partial charge in [0.1, 0.15) is 5.01 Å². The van der Waals surface area contributed by atoms with Gasteiger partial charge >= 0.3 is 5.97 Å². The number of thiazole rings is 1. The SMILES string of the molecule is O=C(O)c1csc(CN2CCCNCC2)n1. The molecule has 0 radical (unpaired) electrons. The minimum Gasteiger partial charge on any atom is -0.476 e. The fraction of sp³-hybridized carbons (Fsp3) is 0.600. The molecule has 0 unspecified atom stereocenters. The summed E-state index contributed by atoms with van der Waals surface area (Å²) in [6, 6.07) is 0. The predicted octanol–water partition coefficient (Wildman–Crippen LogP) is 0.637. The fourth-order valence-electron chi connectivity index (χ4n) is 1.73. The number of nitrogens with zero attached hydrogens (tertiary/aromatic N) is 2. The Bertz CT molecular complexity index is 359. The summed E-state index contributed by atoms with van der Waals surface area (Å²) in [4.78, 5) is 17.1. The molecule has 1 aliphatic heterocycles. The highest BCUT2D eigenvalue weighted by Crippen LogP contribution is 2.13. The molecule has 5 nitrogen and oxygen atoms in total. The Balaban J connectivity index is 1.94. The molecule has 6 heteroatoms. The van der Waals surface area contributed by atoms with Gasteiger partial charge in [0.15, 0.2) is 5.69 Å². The zero-order chi connectivity index (χ0) is 11.4. The smallest absolute Gasteiger partial charge is 0.355 e. The molecule has 2 N–H and O–H groups in total. The molecule has 0 aliphatic carbocycles. The van der Waals surface area contributed by atoms with Crippen molar-refractivity contribution in [1.29, 1.82) is 0 Å². The number of nitrogens with one attached hydrogen (secondary N) is 1. The van der Waals surface area contributed by atoms with Crippen LogP contribution < -0.4 is 5.32 Å². The van der Waals surface area contributed by atoms with Crippen LogP contribution in [-0.2, 0) is 6.54 Å². The average molecular weight is 241 g/mol. The zero-order valence-corrected chi connectivity index (χ0v) is 9.79. The molecule has 1 saturated heterocycles. The van der Waals surface area contributed by atoms with Crippen LogP contribution in [0.2, 0.25) is 0 Å². The normalized spacial score (nSPS) is 18.2. The summed E-state index contributed by atoms with van der Waals surface area (Å²) in [7, 11) is 0. The third-order valence-corrected chi connectivity index (χ3v) is 3.40. The van der Waals surface area contributed by atoms with Gasteiger partial charge in [0.05, 0.1) is 6.54 Å². The molecule has 0 atom stereocenters. The Morgan fingerprint density at radius 2 is 2.44 bits per heavy atom. The van der Waals surface area contributed by atoms with E-state index in [0.29, 0.717) is 0 Å². The molecule has 16 heavy (non-hydrogen) atoms. The predicted molar refractivity (Wildman–Crippen MR) is 61.8 cm³/mol. The molecular weight excluding hydrogens is 226 g/mol. The third-order valence-electron chi connectivity index (χ3n) is 2.56. The molecule has 0 bridgehead atoms. The molecule has 0 spiro atoms. The van der Waals surface area contributed by atoms with Crippen molar-refractivity contribution in [3.63, 3.8) is 0 Å². The van der Waals surface area contributed by atoms with Crippen LogP contribution in [0.4, 0.5) is 0 Å². The Morgan fingerprint density at radius 1 is 1.56 bits per heavy atom. The van der Waals surface area contributed by atoms with Gasteiger partial charge in [-0.05, 0) is 19.5 Å². The molecule has 2 heterocycles. The molecule has 1 aromatic heterocycles. The van der Waals surface area contributed by atoms with Crippen LogP contribution in [0.1, 0.15) is 21.9 Å². The van der Waals surface area contributed by atoms with Gasteiger partial charge < -0.3 is 10.4 Å². The topological polar surface area (TPSA) is 65.5 Å². The van der Waals surface area contributed by atoms with E-state index in [2.05, 4.69) is 15.2 Å². The maximum absolute atomic E-state index is 10.7. The highest BCUT2D eigenvalue weighted by atomic mass is 32.1. The number of hydrogen-bond donors (Lipinski definition) is 2. The lowest BCUT2D eigenvalue weighted by molar-refractivity contribution is 0.0691. The van der Waals surface area contributed by atoms with Crippen molar-refractivity contribution in [3.8, 4) is 0 Å². The van der Waals surface area contributed by atoms with Crippen molar-refractivity contribution >= 4 is 17.3 Å². The molecule has 1 fully saturated rings. The highest BCUT2D eigenvalue weighted by Gasteiger charge is 2.13. The highest BCUT2D eigenvalue weighted by molar-refractivity contribution is 7.09. The fourth-order valence-corrected chi connectivity index (χ4v) is 2.54. The monoisotopic (exact) mass is 241 g/mol. The van der Waals surface area contributed by atoms with Gasteiger partial charge in [-0.2, -0.15) is 0 Å². The van der Waals surface area contributed by atoms with E-state index in [4.69, 9.17) is 5.11 Å². The number of carbonyl (C=O) groups is 1. The summed E-state index contributed by atoms with van der Waals surface area (Å²) in [6.07, 6.45) is 1.14. The Labute approximate surface area is 98.1 Å². The van der Waals surface area contributed by atoms with E-state index in [9.17, 15) is 4.79 Å². The van der Waals surface area contributed by atoms with Crippen LogP contribution in [0.25, 0.3) is 0 Å². The van der Waals surface area contributed by atoms with E-state index < -0.39 is 5.97 Å². The van der Waals surface area contributed by atoms with E-state index in [1.807, 2.05) is 0 Å². The van der Waals surface area contributed by atoms with Gasteiger partial charge in [-0.25, -0.2) is 9.78 Å². The summed E-state index contributed by atoms with van der Waals surface area (Å²) >= 11 is 1.42. The lowest BCUT2D eigenvalue weighted by Crippen LogP contribution is -2.27. The van der Waals surface area contributed by atoms with Crippen LogP contribution in [-0.4, -0.2) is 47.1 Å². The third kappa shape index (κ3) is 3.01. The van der Waals surface area contributed by atoms with Crippen LogP contribution in [0, 0.1) is 0 Å². The molecule has 88 valence electrons. The first kappa shape index (κ1) is 11.5. The molecule has 0 saturated carbocycles. The van der Waals surface area contributed by atoms with Gasteiger partial charge in [-0.15, -0.1) is 11.3 Å². The Hall–Kier alpha value is -0.980. The van der Waals surface area contributed by atoms with E-state index in [0.717, 1.165) is 44.2 Å². The van der Waals surface area contributed by atoms with Crippen molar-refractivity contribution in [1.82, 2.24) is 15.2 Å². The van der Waals surface area contributed by atoms with Crippen molar-refractivity contribution in [2.45, 2.75) is 13.0 Å². The van der Waals surface area contributed by atoms with E-state index in [-0.39, 0.29) is 5.69 Å². The molecule has 2 rings (SSSR count). The van der Waals surface area contributed by atoms with Crippen molar-refractivity contribution in [3.05, 3.63) is 16.1 Å². The van der Waals surface area contributed by atoms with Crippen LogP contribution in [0.15, 0.2) is 5.38 Å². The summed E-state index contributed by atoms with van der Waals surface area (Å²) < 4.78 is 0. The molecule has 0 amide bonds. The quantitative estimate of drug-likeness (QED) is 0.813. The molecule has 0 aromatic carbocycles. The maximum atomic E-state index is 10.7. The standard InChI is InChI=1S/C10H15N3O2S/c14-10(15)8-7-16-9(12-8)6-13-4-1-2-11-3-5-13/h7,11H,1-6H2,(H,14,15). The number of aromatic carboxylic acids is 1. The Kier molecular flexibility index (Phi) is 3.87. The number of carboxylic acids is 1. The van der Waals surface area contributed by atoms with E-state index in [1.54, 1.807) is 5.38 Å². The molecular formula is C10H15N3O2S. The van der Waals surface area contributed by atoms with E-state index in [1.165, 1.54) is 11.3 Å². The van der Waals surface area contributed by atoms with Gasteiger partial charge in [-0.3, -0.25) is 4.90 Å². The van der Waals surface area contributed by atoms with Crippen molar-refractivity contribution < 1.29 is 9.90 Å². The van der Waals surface area contributed by atoms with E-state index >= 15 is 0 Å². The first-order valence-electron chi connectivity index (χ1n) is 5.36. The summed E-state index contributed by atoms with van der Waals surface area (Å²) in [5, 5.41) is 14.6. The molecule has 1 aromatic rings. The second-order valence-corrected chi connectivity index (χ2v) is 4.75. The number of hydrogen-bond acceptors (Lipinski definition) is 5. The van der Waals surface area contributed by atoms with Crippen molar-refractivity contribution in [2.24, 2.45) is 0 Å². The van der Waals surface area contributed by atoms with Crippen LogP contribution >= 0.6 is 11.3 Å². The van der Waals surface area contributed by atoms with Gasteiger partial charge in [0.2, 0.25) is 0 Å². The minimum absolute atomic E-state index is 0.160.